The standard InChI is InChI=1S/C26H28O8S/c1-14-5-9-19(10-6-14)35(30,31)34-25-20(24(28)16(3)21-13-33-26(29)23(21)25)11-17-7-8-18(15(17)2)12-22(27)32-4/h5-6,9-10,18,28H,7-8,11-13H2,1-4H3. The fraction of sp³-hybridized carbons (Fsp3) is 0.385. The summed E-state index contributed by atoms with van der Waals surface area (Å²) in [5.74, 6) is -1.33. The molecule has 2 aromatic carbocycles. The molecule has 0 radical (unpaired) electrons. The third kappa shape index (κ3) is 4.65. The number of hydrogen-bond acceptors (Lipinski definition) is 8. The first-order valence-electron chi connectivity index (χ1n) is 11.3. The summed E-state index contributed by atoms with van der Waals surface area (Å²) in [6, 6.07) is 6.16. The van der Waals surface area contributed by atoms with Gasteiger partial charge in [0.2, 0.25) is 0 Å². The number of phenols is 1. The summed E-state index contributed by atoms with van der Waals surface area (Å²) in [5, 5.41) is 11.1. The predicted molar refractivity (Wildman–Crippen MR) is 127 cm³/mol. The first-order valence-corrected chi connectivity index (χ1v) is 12.7. The SMILES string of the molecule is COC(=O)CC1CCC(Cc2c(O)c(C)c3c(c2OS(=O)(=O)c2ccc(C)cc2)C(=O)OC3)=C1C. The van der Waals surface area contributed by atoms with E-state index in [4.69, 9.17) is 13.7 Å². The van der Waals surface area contributed by atoms with Crippen LogP contribution in [0.4, 0.5) is 0 Å². The number of carbonyl (C=O) groups is 2. The van der Waals surface area contributed by atoms with Crippen LogP contribution < -0.4 is 4.18 Å². The summed E-state index contributed by atoms with van der Waals surface area (Å²) in [6.45, 7) is 5.35. The minimum atomic E-state index is -4.30. The molecule has 0 spiro atoms. The molecule has 8 nitrogen and oxygen atoms in total. The minimum Gasteiger partial charge on any atom is -0.507 e. The molecular weight excluding hydrogens is 472 g/mol. The van der Waals surface area contributed by atoms with Crippen LogP contribution >= 0.6 is 0 Å². The topological polar surface area (TPSA) is 116 Å². The number of fused-ring (bicyclic) bond motifs is 1. The number of cyclic esters (lactones) is 1. The summed E-state index contributed by atoms with van der Waals surface area (Å²) < 4.78 is 41.9. The Balaban J connectivity index is 1.80. The number of carbonyl (C=O) groups excluding carboxylic acids is 2. The lowest BCUT2D eigenvalue weighted by molar-refractivity contribution is -0.141. The maximum atomic E-state index is 13.2. The molecule has 9 heteroatoms. The molecule has 1 aliphatic heterocycles. The number of phenolic OH excluding ortho intramolecular Hbond substituents is 1. The van der Waals surface area contributed by atoms with E-state index in [2.05, 4.69) is 0 Å². The van der Waals surface area contributed by atoms with Crippen molar-refractivity contribution in [3.8, 4) is 11.5 Å². The van der Waals surface area contributed by atoms with E-state index in [0.717, 1.165) is 23.1 Å². The van der Waals surface area contributed by atoms with E-state index < -0.39 is 16.1 Å². The van der Waals surface area contributed by atoms with Gasteiger partial charge in [0.15, 0.2) is 5.75 Å². The number of ether oxygens (including phenoxy) is 2. The molecule has 1 N–H and O–H groups in total. The van der Waals surface area contributed by atoms with Crippen LogP contribution in [0.3, 0.4) is 0 Å². The zero-order valence-electron chi connectivity index (χ0n) is 20.1. The summed E-state index contributed by atoms with van der Waals surface area (Å²) in [6.07, 6.45) is 1.83. The van der Waals surface area contributed by atoms with Crippen molar-refractivity contribution in [2.24, 2.45) is 5.92 Å². The van der Waals surface area contributed by atoms with E-state index in [1.165, 1.54) is 19.2 Å². The van der Waals surface area contributed by atoms with E-state index in [-0.39, 0.29) is 58.9 Å². The number of esters is 2. The van der Waals surface area contributed by atoms with E-state index >= 15 is 0 Å². The molecule has 1 aliphatic carbocycles. The largest absolute Gasteiger partial charge is 0.507 e. The Kier molecular flexibility index (Phi) is 6.64. The van der Waals surface area contributed by atoms with Crippen LogP contribution in [0.5, 0.6) is 11.5 Å². The Bertz CT molecular complexity index is 1340. The van der Waals surface area contributed by atoms with Gasteiger partial charge in [0, 0.05) is 17.5 Å². The summed E-state index contributed by atoms with van der Waals surface area (Å²) in [5.41, 5.74) is 3.92. The number of rotatable bonds is 7. The van der Waals surface area contributed by atoms with Gasteiger partial charge >= 0.3 is 22.1 Å². The van der Waals surface area contributed by atoms with Crippen molar-refractivity contribution in [3.05, 3.63) is 63.2 Å². The smallest absolute Gasteiger partial charge is 0.342 e. The monoisotopic (exact) mass is 500 g/mol. The number of aryl methyl sites for hydroxylation is 1. The molecule has 35 heavy (non-hydrogen) atoms. The van der Waals surface area contributed by atoms with Gasteiger partial charge in [-0.3, -0.25) is 4.79 Å². The molecule has 1 heterocycles. The Hall–Kier alpha value is -3.33. The Morgan fingerprint density at radius 3 is 2.51 bits per heavy atom. The molecule has 0 aromatic heterocycles. The van der Waals surface area contributed by atoms with Gasteiger partial charge in [0.25, 0.3) is 0 Å². The fourth-order valence-corrected chi connectivity index (χ4v) is 5.68. The molecule has 0 amide bonds. The van der Waals surface area contributed by atoms with Crippen molar-refractivity contribution in [1.29, 1.82) is 0 Å². The van der Waals surface area contributed by atoms with Crippen LogP contribution in [0.2, 0.25) is 0 Å². The molecule has 0 fully saturated rings. The lowest BCUT2D eigenvalue weighted by atomic mass is 9.92. The van der Waals surface area contributed by atoms with Crippen molar-refractivity contribution >= 4 is 22.1 Å². The van der Waals surface area contributed by atoms with Crippen molar-refractivity contribution in [1.82, 2.24) is 0 Å². The Morgan fingerprint density at radius 1 is 1.17 bits per heavy atom. The number of aromatic hydroxyl groups is 1. The van der Waals surface area contributed by atoms with E-state index in [0.29, 0.717) is 17.5 Å². The first kappa shape index (κ1) is 24.8. The molecule has 4 rings (SSSR count). The zero-order valence-corrected chi connectivity index (χ0v) is 21.0. The summed E-state index contributed by atoms with van der Waals surface area (Å²) >= 11 is 0. The van der Waals surface area contributed by atoms with Crippen molar-refractivity contribution < 1.29 is 36.8 Å². The van der Waals surface area contributed by atoms with Gasteiger partial charge in [-0.15, -0.1) is 0 Å². The number of benzene rings is 2. The molecule has 0 saturated heterocycles. The third-order valence-electron chi connectivity index (χ3n) is 6.95. The predicted octanol–water partition coefficient (Wildman–Crippen LogP) is 4.28. The fourth-order valence-electron chi connectivity index (χ4n) is 4.71. The molecule has 2 aliphatic rings. The van der Waals surface area contributed by atoms with Crippen LogP contribution in [0.15, 0.2) is 40.3 Å². The second-order valence-corrected chi connectivity index (χ2v) is 10.6. The van der Waals surface area contributed by atoms with Gasteiger partial charge in [0.1, 0.15) is 22.8 Å². The maximum absolute atomic E-state index is 13.2. The second-order valence-electron chi connectivity index (χ2n) is 9.04. The Morgan fingerprint density at radius 2 is 1.86 bits per heavy atom. The number of hydrogen-bond donors (Lipinski definition) is 1. The van der Waals surface area contributed by atoms with E-state index in [1.807, 2.05) is 13.8 Å². The van der Waals surface area contributed by atoms with Gasteiger partial charge in [-0.1, -0.05) is 28.8 Å². The van der Waals surface area contributed by atoms with Crippen LogP contribution in [0, 0.1) is 19.8 Å². The molecule has 186 valence electrons. The van der Waals surface area contributed by atoms with Gasteiger partial charge in [-0.2, -0.15) is 8.42 Å². The number of methoxy groups -OCH3 is 1. The van der Waals surface area contributed by atoms with Crippen molar-refractivity contribution in [2.75, 3.05) is 7.11 Å². The molecular formula is C26H28O8S. The molecule has 1 unspecified atom stereocenters. The van der Waals surface area contributed by atoms with Crippen LogP contribution in [-0.4, -0.2) is 32.6 Å². The highest BCUT2D eigenvalue weighted by atomic mass is 32.2. The van der Waals surface area contributed by atoms with E-state index in [1.54, 1.807) is 19.1 Å². The summed E-state index contributed by atoms with van der Waals surface area (Å²) in [7, 11) is -2.95. The quantitative estimate of drug-likeness (QED) is 0.340. The lowest BCUT2D eigenvalue weighted by Crippen LogP contribution is -2.15. The molecule has 0 saturated carbocycles. The van der Waals surface area contributed by atoms with E-state index in [9.17, 15) is 23.1 Å². The van der Waals surface area contributed by atoms with Crippen LogP contribution in [0.25, 0.3) is 0 Å². The van der Waals surface area contributed by atoms with Gasteiger partial charge in [-0.05, 0) is 57.2 Å². The second kappa shape index (κ2) is 9.37. The summed E-state index contributed by atoms with van der Waals surface area (Å²) in [4.78, 5) is 24.4. The average molecular weight is 501 g/mol. The van der Waals surface area contributed by atoms with Crippen LogP contribution in [0.1, 0.15) is 58.8 Å². The molecule has 0 bridgehead atoms. The highest BCUT2D eigenvalue weighted by molar-refractivity contribution is 7.87. The lowest BCUT2D eigenvalue weighted by Gasteiger charge is -2.18. The molecule has 2 aromatic rings. The first-order chi connectivity index (χ1) is 16.5. The van der Waals surface area contributed by atoms with Crippen molar-refractivity contribution in [2.45, 2.75) is 58.0 Å². The average Bonchev–Trinajstić information content (AvgIpc) is 3.37. The van der Waals surface area contributed by atoms with Gasteiger partial charge in [-0.25, -0.2) is 4.79 Å². The normalized spacial score (nSPS) is 17.4. The van der Waals surface area contributed by atoms with Gasteiger partial charge < -0.3 is 18.8 Å². The van der Waals surface area contributed by atoms with Crippen LogP contribution in [-0.2, 0) is 37.4 Å². The molecule has 1 atom stereocenters. The third-order valence-corrected chi connectivity index (χ3v) is 8.18. The highest BCUT2D eigenvalue weighted by Gasteiger charge is 2.36. The minimum absolute atomic E-state index is 0.000687. The highest BCUT2D eigenvalue weighted by Crippen LogP contribution is 2.46. The number of allylic oxidation sites excluding steroid dienone is 2. The Labute approximate surface area is 204 Å². The van der Waals surface area contributed by atoms with Gasteiger partial charge in [0.05, 0.1) is 13.5 Å². The van der Waals surface area contributed by atoms with Crippen molar-refractivity contribution in [3.63, 3.8) is 0 Å². The maximum Gasteiger partial charge on any atom is 0.342 e. The zero-order chi connectivity index (χ0) is 25.5.